The predicted molar refractivity (Wildman–Crippen MR) is 134 cm³/mol. The van der Waals surface area contributed by atoms with E-state index in [1.807, 2.05) is 14.0 Å². The highest BCUT2D eigenvalue weighted by molar-refractivity contribution is 7.81. The summed E-state index contributed by atoms with van der Waals surface area (Å²) in [4.78, 5) is 22.8. The zero-order chi connectivity index (χ0) is 23.9. The van der Waals surface area contributed by atoms with Gasteiger partial charge in [0.1, 0.15) is 6.29 Å². The van der Waals surface area contributed by atoms with Crippen molar-refractivity contribution < 1.29 is 18.8 Å². The van der Waals surface area contributed by atoms with Crippen LogP contribution in [0.25, 0.3) is 0 Å². The number of rotatable bonds is 13. The van der Waals surface area contributed by atoms with Crippen LogP contribution in [0.15, 0.2) is 0 Å². The highest BCUT2D eigenvalue weighted by atomic mass is 32.1. The molecule has 1 aliphatic rings. The summed E-state index contributed by atoms with van der Waals surface area (Å²) < 4.78 is 11.1. The van der Waals surface area contributed by atoms with Crippen molar-refractivity contribution in [2.24, 2.45) is 17.3 Å². The molecule has 0 radical (unpaired) electrons. The van der Waals surface area contributed by atoms with Crippen molar-refractivity contribution >= 4 is 33.6 Å². The highest BCUT2D eigenvalue weighted by Crippen LogP contribution is 2.19. The quantitative estimate of drug-likeness (QED) is 0.141. The second kappa shape index (κ2) is 16.4. The number of hydrogen-bond acceptors (Lipinski definition) is 7. The van der Waals surface area contributed by atoms with Crippen LogP contribution in [0.3, 0.4) is 0 Å². The Kier molecular flexibility index (Phi) is 16.3. The first kappa shape index (κ1) is 30.8. The third kappa shape index (κ3) is 17.9. The van der Waals surface area contributed by atoms with Gasteiger partial charge in [0.25, 0.3) is 0 Å². The molecule has 9 heteroatoms. The van der Waals surface area contributed by atoms with Gasteiger partial charge in [-0.25, -0.2) is 0 Å². The lowest BCUT2D eigenvalue weighted by Gasteiger charge is -2.20. The number of nitrogens with one attached hydrogen (secondary N) is 3. The van der Waals surface area contributed by atoms with Crippen molar-refractivity contribution in [3.63, 3.8) is 0 Å². The van der Waals surface area contributed by atoms with Gasteiger partial charge in [-0.3, -0.25) is 4.79 Å². The molecule has 1 heterocycles. The molecule has 0 aromatic rings. The van der Waals surface area contributed by atoms with Crippen LogP contribution >= 0.6 is 21.4 Å². The average Bonchev–Trinajstić information content (AvgIpc) is 3.13. The molecule has 184 valence electrons. The Hall–Kier alpha value is -0.240. The van der Waals surface area contributed by atoms with Crippen LogP contribution < -0.4 is 16.0 Å². The van der Waals surface area contributed by atoms with Crippen molar-refractivity contribution in [1.29, 1.82) is 0 Å². The van der Waals surface area contributed by atoms with Crippen LogP contribution in [0.1, 0.15) is 54.4 Å². The van der Waals surface area contributed by atoms with Gasteiger partial charge in [0.05, 0.1) is 18.6 Å². The summed E-state index contributed by atoms with van der Waals surface area (Å²) in [6.45, 7) is 15.9. The van der Waals surface area contributed by atoms with Crippen LogP contribution in [0.5, 0.6) is 0 Å². The molecule has 1 aliphatic heterocycles. The number of hydrogen-bond donors (Lipinski definition) is 4. The summed E-state index contributed by atoms with van der Waals surface area (Å²) >= 11 is 4.45. The van der Waals surface area contributed by atoms with Gasteiger partial charge in [-0.1, -0.05) is 34.6 Å². The molecular weight excluding hydrogens is 433 g/mol. The fourth-order valence-electron chi connectivity index (χ4n) is 2.64. The molecule has 0 aliphatic carbocycles. The second-order valence-electron chi connectivity index (χ2n) is 9.91. The molecule has 0 saturated carbocycles. The Morgan fingerprint density at radius 1 is 1.29 bits per heavy atom. The Bertz CT molecular complexity index is 498. The lowest BCUT2D eigenvalue weighted by atomic mass is 9.97. The Labute approximate surface area is 197 Å². The molecule has 0 bridgehead atoms. The molecular formula is C22H46N3O4PS. The van der Waals surface area contributed by atoms with Crippen LogP contribution in [-0.4, -0.2) is 69.2 Å². The first-order chi connectivity index (χ1) is 14.4. The Morgan fingerprint density at radius 3 is 2.52 bits per heavy atom. The number of amides is 1. The van der Waals surface area contributed by atoms with Gasteiger partial charge in [0, 0.05) is 52.0 Å². The zero-order valence-electron chi connectivity index (χ0n) is 20.5. The van der Waals surface area contributed by atoms with Gasteiger partial charge in [0.15, 0.2) is 0 Å². The summed E-state index contributed by atoms with van der Waals surface area (Å²) in [5, 5.41) is 9.01. The molecule has 0 aromatic heterocycles. The molecule has 1 amide bonds. The molecule has 4 unspecified atom stereocenters. The SMILES string of the molecule is CC(CCNC(=O)C1CNCC1C=O)OCCC(C)(C)S.CNCPOCC(C)(C)C. The first-order valence-electron chi connectivity index (χ1n) is 11.2. The Morgan fingerprint density at radius 2 is 1.97 bits per heavy atom. The summed E-state index contributed by atoms with van der Waals surface area (Å²) in [6.07, 6.45) is 3.60. The minimum Gasteiger partial charge on any atom is -0.378 e. The molecule has 0 aromatic carbocycles. The van der Waals surface area contributed by atoms with Crippen LogP contribution in [0.4, 0.5) is 0 Å². The molecule has 3 N–H and O–H groups in total. The summed E-state index contributed by atoms with van der Waals surface area (Å²) in [5.41, 5.74) is 0.306. The molecule has 31 heavy (non-hydrogen) atoms. The predicted octanol–water partition coefficient (Wildman–Crippen LogP) is 2.85. The number of aldehydes is 1. The Balaban J connectivity index is 0.000000759. The smallest absolute Gasteiger partial charge is 0.225 e. The minimum atomic E-state index is -0.233. The van der Waals surface area contributed by atoms with Crippen LogP contribution in [0, 0.1) is 17.3 Å². The van der Waals surface area contributed by atoms with Gasteiger partial charge in [-0.15, -0.1) is 0 Å². The topological polar surface area (TPSA) is 88.7 Å². The second-order valence-corrected chi connectivity index (χ2v) is 12.1. The molecule has 1 saturated heterocycles. The van der Waals surface area contributed by atoms with E-state index in [0.29, 0.717) is 40.5 Å². The minimum absolute atomic E-state index is 0.0206. The van der Waals surface area contributed by atoms with E-state index < -0.39 is 0 Å². The fraction of sp³-hybridized carbons (Fsp3) is 0.909. The van der Waals surface area contributed by atoms with E-state index in [2.05, 4.69) is 63.2 Å². The number of thiol groups is 1. The third-order valence-electron chi connectivity index (χ3n) is 4.60. The van der Waals surface area contributed by atoms with Gasteiger partial charge >= 0.3 is 0 Å². The molecule has 1 fully saturated rings. The normalized spacial score (nSPS) is 20.4. The maximum Gasteiger partial charge on any atom is 0.225 e. The lowest BCUT2D eigenvalue weighted by Crippen LogP contribution is -2.36. The monoisotopic (exact) mass is 479 g/mol. The maximum atomic E-state index is 12.0. The van der Waals surface area contributed by atoms with Crippen LogP contribution in [-0.2, 0) is 18.8 Å². The summed E-state index contributed by atoms with van der Waals surface area (Å²) in [6, 6.07) is 0. The van der Waals surface area contributed by atoms with Crippen molar-refractivity contribution in [2.75, 3.05) is 46.2 Å². The van der Waals surface area contributed by atoms with Crippen molar-refractivity contribution in [3.8, 4) is 0 Å². The molecule has 4 atom stereocenters. The standard InChI is InChI=1S/C15H28N2O3S.C7H18NOP/c1-11(20-7-5-15(2,3)21)4-6-17-14(19)13-9-16-8-12(13)10-18;1-7(2,3)5-9-10-6-8-4/h10-13,16,21H,4-9H2,1-3H3,(H,17,19);8,10H,5-6H2,1-4H3. The van der Waals surface area contributed by atoms with E-state index in [1.165, 1.54) is 0 Å². The third-order valence-corrected chi connectivity index (χ3v) is 5.67. The first-order valence-corrected chi connectivity index (χ1v) is 12.7. The number of carbonyl (C=O) groups is 2. The highest BCUT2D eigenvalue weighted by Gasteiger charge is 2.32. The number of ether oxygens (including phenoxy) is 1. The molecule has 7 nitrogen and oxygen atoms in total. The van der Waals surface area contributed by atoms with Crippen LogP contribution in [0.2, 0.25) is 0 Å². The maximum absolute atomic E-state index is 12.0. The van der Waals surface area contributed by atoms with E-state index in [4.69, 9.17) is 9.26 Å². The lowest BCUT2D eigenvalue weighted by molar-refractivity contribution is -0.128. The van der Waals surface area contributed by atoms with Gasteiger partial charge < -0.3 is 30.0 Å². The molecule has 0 spiro atoms. The van der Waals surface area contributed by atoms with E-state index in [9.17, 15) is 9.59 Å². The van der Waals surface area contributed by atoms with E-state index in [0.717, 1.165) is 32.0 Å². The average molecular weight is 480 g/mol. The van der Waals surface area contributed by atoms with E-state index >= 15 is 0 Å². The summed E-state index contributed by atoms with van der Waals surface area (Å²) in [5.74, 6) is -0.471. The molecule has 1 rings (SSSR count). The van der Waals surface area contributed by atoms with Crippen molar-refractivity contribution in [3.05, 3.63) is 0 Å². The van der Waals surface area contributed by atoms with Gasteiger partial charge in [-0.05, 0) is 32.2 Å². The number of carbonyl (C=O) groups excluding carboxylic acids is 2. The summed E-state index contributed by atoms with van der Waals surface area (Å²) in [7, 11) is 2.53. The van der Waals surface area contributed by atoms with E-state index in [-0.39, 0.29) is 28.6 Å². The fourth-order valence-corrected chi connectivity index (χ4v) is 3.52. The van der Waals surface area contributed by atoms with Gasteiger partial charge in [0.2, 0.25) is 5.91 Å². The van der Waals surface area contributed by atoms with Crippen molar-refractivity contribution in [1.82, 2.24) is 16.0 Å². The van der Waals surface area contributed by atoms with Gasteiger partial charge in [-0.2, -0.15) is 12.6 Å². The van der Waals surface area contributed by atoms with Crippen molar-refractivity contribution in [2.45, 2.75) is 65.2 Å². The largest absolute Gasteiger partial charge is 0.378 e. The zero-order valence-corrected chi connectivity index (χ0v) is 22.4. The van der Waals surface area contributed by atoms with E-state index in [1.54, 1.807) is 0 Å².